The van der Waals surface area contributed by atoms with Crippen LogP contribution in [0.1, 0.15) is 12.0 Å². The molecule has 0 aliphatic heterocycles. The van der Waals surface area contributed by atoms with Crippen LogP contribution in [-0.4, -0.2) is 10.9 Å². The number of nitrogens with one attached hydrogen (secondary N) is 2. The second kappa shape index (κ2) is 6.48. The van der Waals surface area contributed by atoms with Crippen molar-refractivity contribution in [3.05, 3.63) is 62.6 Å². The lowest BCUT2D eigenvalue weighted by Gasteiger charge is -2.07. The van der Waals surface area contributed by atoms with Gasteiger partial charge < -0.3 is 9.73 Å². The summed E-state index contributed by atoms with van der Waals surface area (Å²) in [6.45, 7) is 0. The monoisotopic (exact) mass is 350 g/mol. The number of carbonyl (C=O) groups excluding carboxylic acids is 1. The van der Waals surface area contributed by atoms with E-state index < -0.39 is 5.76 Å². The third-order valence-corrected chi connectivity index (χ3v) is 3.88. The Hall–Kier alpha value is -2.24. The van der Waals surface area contributed by atoms with E-state index >= 15 is 0 Å². The molecule has 1 amide bonds. The highest BCUT2D eigenvalue weighted by Crippen LogP contribution is 2.25. The number of hydrogen-bond donors (Lipinski definition) is 2. The van der Waals surface area contributed by atoms with Gasteiger partial charge in [0.1, 0.15) is 0 Å². The highest BCUT2D eigenvalue weighted by molar-refractivity contribution is 6.36. The fourth-order valence-electron chi connectivity index (χ4n) is 2.22. The predicted octanol–water partition coefficient (Wildman–Crippen LogP) is 4.00. The van der Waals surface area contributed by atoms with Crippen molar-refractivity contribution in [2.24, 2.45) is 0 Å². The molecule has 0 saturated heterocycles. The molecule has 2 aromatic carbocycles. The molecule has 3 aromatic rings. The van der Waals surface area contributed by atoms with Gasteiger partial charge in [-0.1, -0.05) is 29.3 Å². The average Bonchev–Trinajstić information content (AvgIpc) is 2.87. The molecule has 0 unspecified atom stereocenters. The number of rotatable bonds is 4. The zero-order chi connectivity index (χ0) is 16.4. The third-order valence-electron chi connectivity index (χ3n) is 3.33. The number of oxazole rings is 1. The quantitative estimate of drug-likeness (QED) is 0.746. The van der Waals surface area contributed by atoms with Crippen LogP contribution >= 0.6 is 23.2 Å². The molecule has 0 bridgehead atoms. The van der Waals surface area contributed by atoms with Crippen LogP contribution in [0.25, 0.3) is 11.1 Å². The van der Waals surface area contributed by atoms with Crippen molar-refractivity contribution in [1.29, 1.82) is 0 Å². The van der Waals surface area contributed by atoms with Gasteiger partial charge in [-0.2, -0.15) is 0 Å². The Morgan fingerprint density at radius 1 is 1.17 bits per heavy atom. The van der Waals surface area contributed by atoms with E-state index in [-0.39, 0.29) is 12.3 Å². The average molecular weight is 351 g/mol. The standard InChI is InChI=1S/C16H12Cl2N2O3/c17-10-3-4-12(11(18)8-10)19-15(21)6-2-9-1-5-14-13(7-9)20-16(22)23-14/h1,3-5,7-8H,2,6H2,(H,19,21)(H,20,22). The molecule has 0 radical (unpaired) electrons. The zero-order valence-corrected chi connectivity index (χ0v) is 13.4. The Balaban J connectivity index is 1.64. The molecule has 3 rings (SSSR count). The van der Waals surface area contributed by atoms with E-state index in [4.69, 9.17) is 27.6 Å². The molecule has 0 saturated carbocycles. The molecular weight excluding hydrogens is 339 g/mol. The number of benzene rings is 2. The second-order valence-electron chi connectivity index (χ2n) is 5.02. The number of carbonyl (C=O) groups is 1. The van der Waals surface area contributed by atoms with Crippen LogP contribution in [0, 0.1) is 0 Å². The highest BCUT2D eigenvalue weighted by atomic mass is 35.5. The first-order valence-corrected chi connectivity index (χ1v) is 7.63. The number of halogens is 2. The van der Waals surface area contributed by atoms with Crippen LogP contribution in [0.4, 0.5) is 5.69 Å². The van der Waals surface area contributed by atoms with Crippen LogP contribution in [0.5, 0.6) is 0 Å². The van der Waals surface area contributed by atoms with Gasteiger partial charge in [0.15, 0.2) is 5.58 Å². The Kier molecular flexibility index (Phi) is 4.41. The second-order valence-corrected chi connectivity index (χ2v) is 5.86. The Bertz CT molecular complexity index is 930. The molecule has 0 aliphatic rings. The molecule has 1 aromatic heterocycles. The number of H-pyrrole nitrogens is 1. The molecule has 0 atom stereocenters. The van der Waals surface area contributed by atoms with Gasteiger partial charge in [0.05, 0.1) is 16.2 Å². The number of hydrogen-bond acceptors (Lipinski definition) is 3. The molecule has 118 valence electrons. The third kappa shape index (κ3) is 3.75. The summed E-state index contributed by atoms with van der Waals surface area (Å²) in [5.41, 5.74) is 2.56. The lowest BCUT2D eigenvalue weighted by Crippen LogP contribution is -2.12. The summed E-state index contributed by atoms with van der Waals surface area (Å²) in [6.07, 6.45) is 0.812. The lowest BCUT2D eigenvalue weighted by atomic mass is 10.1. The smallest absolute Gasteiger partial charge is 0.408 e. The summed E-state index contributed by atoms with van der Waals surface area (Å²) in [7, 11) is 0. The first-order chi connectivity index (χ1) is 11.0. The molecule has 0 aliphatic carbocycles. The minimum Gasteiger partial charge on any atom is -0.408 e. The molecular formula is C16H12Cl2N2O3. The summed E-state index contributed by atoms with van der Waals surface area (Å²) in [5.74, 6) is -0.651. The van der Waals surface area contributed by atoms with Gasteiger partial charge in [-0.3, -0.25) is 9.78 Å². The first kappa shape index (κ1) is 15.6. The van der Waals surface area contributed by atoms with Crippen molar-refractivity contribution in [3.8, 4) is 0 Å². The van der Waals surface area contributed by atoms with E-state index in [1.807, 2.05) is 6.07 Å². The Morgan fingerprint density at radius 2 is 2.00 bits per heavy atom. The fourth-order valence-corrected chi connectivity index (χ4v) is 2.67. The van der Waals surface area contributed by atoms with Gasteiger partial charge in [-0.15, -0.1) is 0 Å². The summed E-state index contributed by atoms with van der Waals surface area (Å²) in [4.78, 5) is 25.7. The number of fused-ring (bicyclic) bond motifs is 1. The van der Waals surface area contributed by atoms with Gasteiger partial charge in [-0.25, -0.2) is 4.79 Å². The molecule has 1 heterocycles. The van der Waals surface area contributed by atoms with Gasteiger partial charge in [-0.05, 0) is 42.3 Å². The largest absolute Gasteiger partial charge is 0.417 e. The van der Waals surface area contributed by atoms with Crippen LogP contribution in [0.3, 0.4) is 0 Å². The minimum atomic E-state index is -0.493. The summed E-state index contributed by atoms with van der Waals surface area (Å²) >= 11 is 11.8. The van der Waals surface area contributed by atoms with Gasteiger partial charge in [0.25, 0.3) is 0 Å². The molecule has 23 heavy (non-hydrogen) atoms. The number of amides is 1. The normalized spacial score (nSPS) is 10.9. The first-order valence-electron chi connectivity index (χ1n) is 6.88. The topological polar surface area (TPSA) is 75.1 Å². The molecule has 0 fully saturated rings. The summed E-state index contributed by atoms with van der Waals surface area (Å²) in [5, 5.41) is 3.64. The van der Waals surface area contributed by atoms with E-state index in [1.54, 1.807) is 30.3 Å². The molecule has 7 heteroatoms. The van der Waals surface area contributed by atoms with Gasteiger partial charge >= 0.3 is 5.76 Å². The van der Waals surface area contributed by atoms with Crippen LogP contribution in [0.15, 0.2) is 45.6 Å². The highest BCUT2D eigenvalue weighted by Gasteiger charge is 2.08. The summed E-state index contributed by atoms with van der Waals surface area (Å²) in [6, 6.07) is 10.2. The molecule has 2 N–H and O–H groups in total. The zero-order valence-electron chi connectivity index (χ0n) is 11.9. The van der Waals surface area contributed by atoms with E-state index in [0.29, 0.717) is 33.3 Å². The maximum atomic E-state index is 12.0. The molecule has 0 spiro atoms. The molecule has 5 nitrogen and oxygen atoms in total. The maximum absolute atomic E-state index is 12.0. The van der Waals surface area contributed by atoms with Gasteiger partial charge in [0.2, 0.25) is 5.91 Å². The fraction of sp³-hybridized carbons (Fsp3) is 0.125. The lowest BCUT2D eigenvalue weighted by molar-refractivity contribution is -0.116. The van der Waals surface area contributed by atoms with E-state index in [2.05, 4.69) is 10.3 Å². The van der Waals surface area contributed by atoms with Crippen molar-refractivity contribution in [1.82, 2.24) is 4.98 Å². The Labute approximate surface area is 141 Å². The maximum Gasteiger partial charge on any atom is 0.417 e. The van der Waals surface area contributed by atoms with E-state index in [0.717, 1.165) is 5.56 Å². The predicted molar refractivity (Wildman–Crippen MR) is 90.2 cm³/mol. The summed E-state index contributed by atoms with van der Waals surface area (Å²) < 4.78 is 4.93. The van der Waals surface area contributed by atoms with Gasteiger partial charge in [0, 0.05) is 11.4 Å². The van der Waals surface area contributed by atoms with Crippen molar-refractivity contribution in [2.75, 3.05) is 5.32 Å². The van der Waals surface area contributed by atoms with Crippen molar-refractivity contribution in [2.45, 2.75) is 12.8 Å². The number of aromatic amines is 1. The number of anilines is 1. The van der Waals surface area contributed by atoms with Crippen molar-refractivity contribution in [3.63, 3.8) is 0 Å². The number of aryl methyl sites for hydroxylation is 1. The SMILES string of the molecule is O=C(CCc1ccc2oc(=O)[nH]c2c1)Nc1ccc(Cl)cc1Cl. The van der Waals surface area contributed by atoms with Crippen LogP contribution < -0.4 is 11.1 Å². The van der Waals surface area contributed by atoms with Crippen LogP contribution in [-0.2, 0) is 11.2 Å². The van der Waals surface area contributed by atoms with Crippen molar-refractivity contribution < 1.29 is 9.21 Å². The van der Waals surface area contributed by atoms with Crippen molar-refractivity contribution >= 4 is 45.9 Å². The van der Waals surface area contributed by atoms with Crippen LogP contribution in [0.2, 0.25) is 10.0 Å². The van der Waals surface area contributed by atoms with E-state index in [1.165, 1.54) is 0 Å². The minimum absolute atomic E-state index is 0.157. The van der Waals surface area contributed by atoms with E-state index in [9.17, 15) is 9.59 Å². The number of aromatic nitrogens is 1. The Morgan fingerprint density at radius 3 is 2.78 bits per heavy atom.